The quantitative estimate of drug-likeness (QED) is 0.942. The van der Waals surface area contributed by atoms with Gasteiger partial charge in [0.15, 0.2) is 11.6 Å². The van der Waals surface area contributed by atoms with Crippen LogP contribution in [0.1, 0.15) is 18.4 Å². The third-order valence-corrected chi connectivity index (χ3v) is 3.88. The van der Waals surface area contributed by atoms with Crippen molar-refractivity contribution in [1.29, 1.82) is 0 Å². The van der Waals surface area contributed by atoms with Gasteiger partial charge in [-0.3, -0.25) is 4.79 Å². The van der Waals surface area contributed by atoms with Gasteiger partial charge in [-0.05, 0) is 42.7 Å². The molecule has 1 aliphatic rings. The Hall–Kier alpha value is -2.14. The average Bonchev–Trinajstić information content (AvgIpc) is 3.05. The molecule has 5 nitrogen and oxygen atoms in total. The predicted octanol–water partition coefficient (Wildman–Crippen LogP) is 2.91. The Balaban J connectivity index is 1.57. The number of halogens is 1. The fraction of sp³-hybridized carbons (Fsp3) is 0.312. The average molecular weight is 317 g/mol. The van der Waals surface area contributed by atoms with Crippen LogP contribution in [0.25, 0.3) is 0 Å². The van der Waals surface area contributed by atoms with E-state index >= 15 is 0 Å². The number of anilines is 2. The molecule has 0 bridgehead atoms. The van der Waals surface area contributed by atoms with Gasteiger partial charge in [-0.25, -0.2) is 0 Å². The summed E-state index contributed by atoms with van der Waals surface area (Å²) in [4.78, 5) is 14.2. The molecule has 0 unspecified atom stereocenters. The van der Waals surface area contributed by atoms with E-state index in [9.17, 15) is 4.79 Å². The van der Waals surface area contributed by atoms with Gasteiger partial charge in [0, 0.05) is 18.1 Å². The zero-order valence-electron chi connectivity index (χ0n) is 12.1. The van der Waals surface area contributed by atoms with Gasteiger partial charge in [0.1, 0.15) is 0 Å². The van der Waals surface area contributed by atoms with Crippen LogP contribution in [-0.2, 0) is 11.2 Å². The summed E-state index contributed by atoms with van der Waals surface area (Å²) in [6.07, 6.45) is 2.68. The fourth-order valence-electron chi connectivity index (χ4n) is 2.48. The van der Waals surface area contributed by atoms with E-state index in [-0.39, 0.29) is 12.3 Å². The van der Waals surface area contributed by atoms with E-state index in [0.29, 0.717) is 10.8 Å². The predicted molar refractivity (Wildman–Crippen MR) is 87.3 cm³/mol. The second-order valence-electron chi connectivity index (χ2n) is 5.32. The molecule has 0 radical (unpaired) electrons. The highest BCUT2D eigenvalue weighted by molar-refractivity contribution is 6.30. The molecule has 2 heterocycles. The molecule has 0 spiro atoms. The maximum Gasteiger partial charge on any atom is 0.229 e. The molecular formula is C16H17ClN4O. The number of carbonyl (C=O) groups is 1. The van der Waals surface area contributed by atoms with Crippen LogP contribution in [0.4, 0.5) is 11.6 Å². The van der Waals surface area contributed by atoms with Gasteiger partial charge in [-0.1, -0.05) is 23.7 Å². The van der Waals surface area contributed by atoms with Crippen molar-refractivity contribution < 1.29 is 4.79 Å². The topological polar surface area (TPSA) is 58.1 Å². The number of benzene rings is 1. The molecule has 1 aromatic carbocycles. The van der Waals surface area contributed by atoms with Crippen molar-refractivity contribution in [2.75, 3.05) is 23.3 Å². The van der Waals surface area contributed by atoms with Crippen LogP contribution in [0.5, 0.6) is 0 Å². The maximum absolute atomic E-state index is 12.0. The van der Waals surface area contributed by atoms with E-state index in [2.05, 4.69) is 20.4 Å². The lowest BCUT2D eigenvalue weighted by atomic mass is 10.1. The summed E-state index contributed by atoms with van der Waals surface area (Å²) >= 11 is 5.82. The first-order chi connectivity index (χ1) is 10.7. The smallest absolute Gasteiger partial charge is 0.229 e. The minimum absolute atomic E-state index is 0.120. The van der Waals surface area contributed by atoms with E-state index in [0.717, 1.165) is 24.5 Å². The zero-order valence-corrected chi connectivity index (χ0v) is 12.9. The SMILES string of the molecule is O=C(Cc1ccc(Cl)cc1)Nc1ccc(N2CCCC2)nn1. The first kappa shape index (κ1) is 14.8. The van der Waals surface area contributed by atoms with Crippen LogP contribution in [0, 0.1) is 0 Å². The van der Waals surface area contributed by atoms with Crippen molar-refractivity contribution in [2.24, 2.45) is 0 Å². The van der Waals surface area contributed by atoms with Crippen molar-refractivity contribution in [2.45, 2.75) is 19.3 Å². The maximum atomic E-state index is 12.0. The molecule has 0 atom stereocenters. The van der Waals surface area contributed by atoms with E-state index in [1.165, 1.54) is 12.8 Å². The summed E-state index contributed by atoms with van der Waals surface area (Å²) in [5.41, 5.74) is 0.906. The van der Waals surface area contributed by atoms with Gasteiger partial charge in [0.05, 0.1) is 6.42 Å². The molecule has 1 saturated heterocycles. The minimum atomic E-state index is -0.120. The number of nitrogens with zero attached hydrogens (tertiary/aromatic N) is 3. The Labute approximate surface area is 134 Å². The lowest BCUT2D eigenvalue weighted by Gasteiger charge is -2.15. The van der Waals surface area contributed by atoms with Gasteiger partial charge >= 0.3 is 0 Å². The molecule has 114 valence electrons. The Morgan fingerprint density at radius 1 is 1.09 bits per heavy atom. The van der Waals surface area contributed by atoms with Crippen LogP contribution in [0.15, 0.2) is 36.4 Å². The summed E-state index contributed by atoms with van der Waals surface area (Å²) in [5.74, 6) is 1.22. The van der Waals surface area contributed by atoms with Crippen molar-refractivity contribution in [1.82, 2.24) is 10.2 Å². The van der Waals surface area contributed by atoms with Gasteiger partial charge in [-0.2, -0.15) is 0 Å². The van der Waals surface area contributed by atoms with Crippen molar-refractivity contribution >= 4 is 29.1 Å². The summed E-state index contributed by atoms with van der Waals surface area (Å²) in [6.45, 7) is 2.05. The minimum Gasteiger partial charge on any atom is -0.355 e. The van der Waals surface area contributed by atoms with Crippen LogP contribution < -0.4 is 10.2 Å². The number of rotatable bonds is 4. The number of nitrogens with one attached hydrogen (secondary N) is 1. The third-order valence-electron chi connectivity index (χ3n) is 3.63. The number of amides is 1. The van der Waals surface area contributed by atoms with Crippen molar-refractivity contribution in [3.8, 4) is 0 Å². The normalized spacial score (nSPS) is 14.1. The summed E-state index contributed by atoms with van der Waals surface area (Å²) in [6, 6.07) is 10.9. The highest BCUT2D eigenvalue weighted by Crippen LogP contribution is 2.17. The highest BCUT2D eigenvalue weighted by Gasteiger charge is 2.14. The van der Waals surface area contributed by atoms with Crippen LogP contribution in [0.2, 0.25) is 5.02 Å². The lowest BCUT2D eigenvalue weighted by molar-refractivity contribution is -0.115. The second kappa shape index (κ2) is 6.75. The van der Waals surface area contributed by atoms with E-state index in [1.807, 2.05) is 18.2 Å². The molecule has 22 heavy (non-hydrogen) atoms. The van der Waals surface area contributed by atoms with Gasteiger partial charge in [0.25, 0.3) is 0 Å². The third kappa shape index (κ3) is 3.74. The molecule has 1 N–H and O–H groups in total. The second-order valence-corrected chi connectivity index (χ2v) is 5.76. The Morgan fingerprint density at radius 3 is 2.45 bits per heavy atom. The van der Waals surface area contributed by atoms with Crippen LogP contribution in [-0.4, -0.2) is 29.2 Å². The van der Waals surface area contributed by atoms with E-state index in [1.54, 1.807) is 18.2 Å². The number of hydrogen-bond donors (Lipinski definition) is 1. The molecule has 3 rings (SSSR count). The zero-order chi connectivity index (χ0) is 15.4. The van der Waals surface area contributed by atoms with E-state index in [4.69, 9.17) is 11.6 Å². The molecule has 0 saturated carbocycles. The lowest BCUT2D eigenvalue weighted by Crippen LogP contribution is -2.20. The van der Waals surface area contributed by atoms with Crippen molar-refractivity contribution in [3.05, 3.63) is 47.0 Å². The number of aromatic nitrogens is 2. The number of carbonyl (C=O) groups excluding carboxylic acids is 1. The molecule has 1 aliphatic heterocycles. The molecular weight excluding hydrogens is 300 g/mol. The molecule has 6 heteroatoms. The van der Waals surface area contributed by atoms with Crippen LogP contribution in [0.3, 0.4) is 0 Å². The summed E-state index contributed by atoms with van der Waals surface area (Å²) in [7, 11) is 0. The Kier molecular flexibility index (Phi) is 4.53. The van der Waals surface area contributed by atoms with Gasteiger partial charge in [0.2, 0.25) is 5.91 Å². The molecule has 0 aliphatic carbocycles. The Bertz CT molecular complexity index is 636. The highest BCUT2D eigenvalue weighted by atomic mass is 35.5. The Morgan fingerprint density at radius 2 is 1.82 bits per heavy atom. The number of hydrogen-bond acceptors (Lipinski definition) is 4. The van der Waals surface area contributed by atoms with E-state index < -0.39 is 0 Å². The van der Waals surface area contributed by atoms with Crippen molar-refractivity contribution in [3.63, 3.8) is 0 Å². The first-order valence-corrected chi connectivity index (χ1v) is 7.71. The summed E-state index contributed by atoms with van der Waals surface area (Å²) < 4.78 is 0. The molecule has 1 aromatic heterocycles. The summed E-state index contributed by atoms with van der Waals surface area (Å²) in [5, 5.41) is 11.7. The molecule has 1 fully saturated rings. The van der Waals surface area contributed by atoms with Gasteiger partial charge in [-0.15, -0.1) is 10.2 Å². The monoisotopic (exact) mass is 316 g/mol. The molecule has 2 aromatic rings. The standard InChI is InChI=1S/C16H17ClN4O/c17-13-5-3-12(4-6-13)11-16(22)18-14-7-8-15(20-19-14)21-9-1-2-10-21/h3-8H,1-2,9-11H2,(H,18,19,22). The van der Waals surface area contributed by atoms with Gasteiger partial charge < -0.3 is 10.2 Å². The fourth-order valence-corrected chi connectivity index (χ4v) is 2.61. The largest absolute Gasteiger partial charge is 0.355 e. The first-order valence-electron chi connectivity index (χ1n) is 7.34. The molecule has 1 amide bonds. The van der Waals surface area contributed by atoms with Crippen LogP contribution >= 0.6 is 11.6 Å².